The maximum absolute atomic E-state index is 13.8. The Hall–Kier alpha value is -2.64. The Morgan fingerprint density at radius 3 is 2.75 bits per heavy atom. The number of anilines is 1. The van der Waals surface area contributed by atoms with Gasteiger partial charge in [0.05, 0.1) is 24.6 Å². The summed E-state index contributed by atoms with van der Waals surface area (Å²) < 4.78 is 45.4. The number of hydrogen-bond donors (Lipinski definition) is 2. The molecule has 0 amide bonds. The van der Waals surface area contributed by atoms with Crippen molar-refractivity contribution >= 4 is 33.0 Å². The van der Waals surface area contributed by atoms with E-state index in [1.165, 1.54) is 7.11 Å². The van der Waals surface area contributed by atoms with Gasteiger partial charge in [-0.25, -0.2) is 22.6 Å². The van der Waals surface area contributed by atoms with Gasteiger partial charge in [-0.1, -0.05) is 17.3 Å². The molecule has 0 fully saturated rings. The fourth-order valence-corrected chi connectivity index (χ4v) is 3.81. The van der Waals surface area contributed by atoms with Gasteiger partial charge in [-0.2, -0.15) is 0 Å². The van der Waals surface area contributed by atoms with Crippen molar-refractivity contribution in [1.82, 2.24) is 4.98 Å². The molecule has 2 aromatic rings. The Morgan fingerprint density at radius 1 is 1.46 bits per heavy atom. The quantitative estimate of drug-likeness (QED) is 0.782. The fraction of sp³-hybridized carbons (Fsp3) is 0.143. The number of aromatic nitrogens is 1. The molecule has 1 aromatic carbocycles. The van der Waals surface area contributed by atoms with Gasteiger partial charge >= 0.3 is 5.97 Å². The van der Waals surface area contributed by atoms with E-state index in [2.05, 4.69) is 21.5 Å². The van der Waals surface area contributed by atoms with E-state index >= 15 is 0 Å². The zero-order valence-corrected chi connectivity index (χ0v) is 14.1. The van der Waals surface area contributed by atoms with Crippen LogP contribution in [0.3, 0.4) is 0 Å². The lowest BCUT2D eigenvalue weighted by Crippen LogP contribution is -2.13. The summed E-state index contributed by atoms with van der Waals surface area (Å²) in [5, 5.41) is 9.20. The largest absolute Gasteiger partial charge is 0.495 e. The molecule has 0 saturated heterocycles. The third-order valence-electron chi connectivity index (χ3n) is 2.75. The molecule has 0 aliphatic rings. The van der Waals surface area contributed by atoms with Gasteiger partial charge in [0.1, 0.15) is 11.6 Å². The van der Waals surface area contributed by atoms with Crippen molar-refractivity contribution in [2.45, 2.75) is 11.1 Å². The first-order valence-electron chi connectivity index (χ1n) is 6.30. The topological polar surface area (TPSA) is 106 Å². The van der Waals surface area contributed by atoms with Crippen LogP contribution in [0.4, 0.5) is 10.1 Å². The van der Waals surface area contributed by atoms with Crippen LogP contribution in [0.25, 0.3) is 0 Å². The fourth-order valence-electron chi connectivity index (χ4n) is 1.71. The summed E-state index contributed by atoms with van der Waals surface area (Å²) in [5.41, 5.74) is -0.857. The van der Waals surface area contributed by atoms with Gasteiger partial charge in [0.25, 0.3) is 10.0 Å². The average Bonchev–Trinajstić information content (AvgIpc) is 2.96. The van der Waals surface area contributed by atoms with E-state index in [0.717, 1.165) is 29.7 Å². The van der Waals surface area contributed by atoms with Crippen LogP contribution in [0.15, 0.2) is 22.5 Å². The number of benzene rings is 1. The van der Waals surface area contributed by atoms with Gasteiger partial charge in [0.2, 0.25) is 0 Å². The normalized spacial score (nSPS) is 10.6. The number of hydrogen-bond acceptors (Lipinski definition) is 6. The van der Waals surface area contributed by atoms with Crippen molar-refractivity contribution in [2.75, 3.05) is 11.8 Å². The molecule has 0 saturated carbocycles. The number of carboxylic acid groups (broad SMARTS) is 1. The predicted molar refractivity (Wildman–Crippen MR) is 85.4 cm³/mol. The maximum Gasteiger partial charge on any atom is 0.338 e. The summed E-state index contributed by atoms with van der Waals surface area (Å²) >= 11 is 0.845. The summed E-state index contributed by atoms with van der Waals surface area (Å²) in [7, 11) is -2.84. The second-order valence-electron chi connectivity index (χ2n) is 4.30. The lowest BCUT2D eigenvalue weighted by Gasteiger charge is -2.12. The first-order chi connectivity index (χ1) is 11.3. The Balaban J connectivity index is 2.42. The summed E-state index contributed by atoms with van der Waals surface area (Å²) in [6.45, 7) is 1.59. The van der Waals surface area contributed by atoms with E-state index in [1.807, 2.05) is 0 Å². The first-order valence-corrected chi connectivity index (χ1v) is 8.60. The number of carbonyl (C=O) groups is 1. The zero-order chi connectivity index (χ0) is 17.9. The summed E-state index contributed by atoms with van der Waals surface area (Å²) in [4.78, 5) is 14.8. The van der Waals surface area contributed by atoms with Crippen LogP contribution in [0.5, 0.6) is 5.75 Å². The third-order valence-corrected chi connectivity index (χ3v) is 5.48. The van der Waals surface area contributed by atoms with Crippen LogP contribution in [-0.2, 0) is 10.0 Å². The molecule has 24 heavy (non-hydrogen) atoms. The Morgan fingerprint density at radius 2 is 2.17 bits per heavy atom. The third kappa shape index (κ3) is 3.64. The Bertz CT molecular complexity index is 957. The van der Waals surface area contributed by atoms with Gasteiger partial charge < -0.3 is 9.84 Å². The van der Waals surface area contributed by atoms with E-state index in [4.69, 9.17) is 9.84 Å². The minimum atomic E-state index is -4.05. The Kier molecular flexibility index (Phi) is 5.06. The molecule has 0 aliphatic heterocycles. The van der Waals surface area contributed by atoms with Crippen molar-refractivity contribution in [3.8, 4) is 17.6 Å². The minimum Gasteiger partial charge on any atom is -0.495 e. The highest BCUT2D eigenvalue weighted by Gasteiger charge is 2.22. The molecule has 0 radical (unpaired) electrons. The highest BCUT2D eigenvalue weighted by molar-refractivity contribution is 7.94. The molecule has 2 N–H and O–H groups in total. The number of ether oxygens (including phenoxy) is 1. The lowest BCUT2D eigenvalue weighted by molar-refractivity contribution is 0.0691. The van der Waals surface area contributed by atoms with E-state index in [1.54, 1.807) is 6.92 Å². The molecular formula is C14H11FN2O5S2. The van der Waals surface area contributed by atoms with E-state index < -0.39 is 27.4 Å². The molecule has 126 valence electrons. The zero-order valence-electron chi connectivity index (χ0n) is 12.5. The molecule has 0 atom stereocenters. The first kappa shape index (κ1) is 17.7. The number of thiazole rings is 1. The smallest absolute Gasteiger partial charge is 0.338 e. The number of rotatable bonds is 5. The number of nitrogens with one attached hydrogen (secondary N) is 1. The molecule has 1 heterocycles. The van der Waals surface area contributed by atoms with Gasteiger partial charge in [0, 0.05) is 6.07 Å². The molecular weight excluding hydrogens is 359 g/mol. The van der Waals surface area contributed by atoms with Gasteiger partial charge in [0.15, 0.2) is 9.22 Å². The van der Waals surface area contributed by atoms with Gasteiger partial charge in [-0.3, -0.25) is 4.72 Å². The number of halogens is 1. The van der Waals surface area contributed by atoms with Crippen LogP contribution < -0.4 is 9.46 Å². The average molecular weight is 370 g/mol. The Labute approximate surface area is 141 Å². The molecule has 10 heteroatoms. The number of nitrogens with zero attached hydrogens (tertiary/aromatic N) is 1. The lowest BCUT2D eigenvalue weighted by atomic mass is 10.2. The molecule has 1 aromatic heterocycles. The maximum atomic E-state index is 13.8. The van der Waals surface area contributed by atoms with Crippen molar-refractivity contribution in [2.24, 2.45) is 0 Å². The second kappa shape index (κ2) is 6.86. The van der Waals surface area contributed by atoms with Crippen molar-refractivity contribution < 1.29 is 27.4 Å². The van der Waals surface area contributed by atoms with Crippen molar-refractivity contribution in [3.05, 3.63) is 34.7 Å². The number of methoxy groups -OCH3 is 1. The highest BCUT2D eigenvalue weighted by Crippen LogP contribution is 2.31. The number of sulfonamides is 1. The van der Waals surface area contributed by atoms with E-state index in [0.29, 0.717) is 5.01 Å². The predicted octanol–water partition coefficient (Wildman–Crippen LogP) is 2.16. The van der Waals surface area contributed by atoms with Crippen molar-refractivity contribution in [3.63, 3.8) is 0 Å². The van der Waals surface area contributed by atoms with Gasteiger partial charge in [-0.05, 0) is 18.9 Å². The molecule has 0 unspecified atom stereocenters. The van der Waals surface area contributed by atoms with Crippen LogP contribution in [-0.4, -0.2) is 31.6 Å². The standard InChI is InChI=1S/C14H11FN2O5S2/c1-3-4-12-16-7-13(23-12)24(20,21)17-10-6-9(15)8(14(18)19)5-11(10)22-2/h5-7,17H,1-2H3,(H,18,19). The van der Waals surface area contributed by atoms with E-state index in [9.17, 15) is 17.6 Å². The SMILES string of the molecule is CC#Cc1ncc(S(=O)(=O)Nc2cc(F)c(C(=O)O)cc2OC)s1. The van der Waals surface area contributed by atoms with Gasteiger partial charge in [-0.15, -0.1) is 0 Å². The highest BCUT2D eigenvalue weighted by atomic mass is 32.2. The minimum absolute atomic E-state index is 0.120. The van der Waals surface area contributed by atoms with Crippen molar-refractivity contribution in [1.29, 1.82) is 0 Å². The van der Waals surface area contributed by atoms with E-state index in [-0.39, 0.29) is 15.6 Å². The summed E-state index contributed by atoms with van der Waals surface area (Å²) in [5.74, 6) is 2.51. The summed E-state index contributed by atoms with van der Waals surface area (Å²) in [6.07, 6.45) is 1.13. The van der Waals surface area contributed by atoms with Crippen LogP contribution >= 0.6 is 11.3 Å². The van der Waals surface area contributed by atoms with Crippen LogP contribution in [0, 0.1) is 17.7 Å². The molecule has 2 rings (SSSR count). The monoisotopic (exact) mass is 370 g/mol. The summed E-state index contributed by atoms with van der Waals surface area (Å²) in [6, 6.07) is 1.64. The number of carboxylic acids is 1. The molecule has 0 bridgehead atoms. The molecule has 0 aliphatic carbocycles. The van der Waals surface area contributed by atoms with Crippen LogP contribution in [0.2, 0.25) is 0 Å². The molecule has 0 spiro atoms. The molecule has 7 nitrogen and oxygen atoms in total. The van der Waals surface area contributed by atoms with Crippen LogP contribution in [0.1, 0.15) is 22.3 Å². The number of aromatic carboxylic acids is 1. The second-order valence-corrected chi connectivity index (χ2v) is 7.24.